The number of fused-ring (bicyclic) bond motifs is 1. The molecular formula is C35H42F3N5O6S. The molecule has 270 valence electrons. The van der Waals surface area contributed by atoms with Crippen molar-refractivity contribution >= 4 is 22.1 Å². The molecule has 2 aromatic carbocycles. The minimum absolute atomic E-state index is 0.152. The van der Waals surface area contributed by atoms with Crippen LogP contribution in [0.3, 0.4) is 0 Å². The first-order chi connectivity index (χ1) is 23.6. The van der Waals surface area contributed by atoms with Crippen molar-refractivity contribution in [2.24, 2.45) is 11.3 Å². The number of amides is 2. The van der Waals surface area contributed by atoms with Gasteiger partial charge in [-0.15, -0.1) is 0 Å². The van der Waals surface area contributed by atoms with Crippen LogP contribution < -0.4 is 9.50 Å². The van der Waals surface area contributed by atoms with Gasteiger partial charge in [0.05, 0.1) is 25.0 Å². The van der Waals surface area contributed by atoms with Crippen molar-refractivity contribution in [1.82, 2.24) is 25.1 Å². The SMILES string of the molecule is COC(=O)N[C@H](C(=O)N1CCC[C@H]1c1ncc(-c2ccc(-c3ccc(OS(=O)(=O)C(F)(F)F)c4c3CC3(CCN(C)CC3)C4)cc2)[nH]1)C(C)C. The first-order valence-corrected chi connectivity index (χ1v) is 18.2. The van der Waals surface area contributed by atoms with Crippen LogP contribution in [0.1, 0.15) is 62.5 Å². The number of benzene rings is 2. The number of H-pyrrole nitrogens is 1. The number of aromatic amines is 1. The molecular weight excluding hydrogens is 675 g/mol. The van der Waals surface area contributed by atoms with Crippen LogP contribution >= 0.6 is 0 Å². The van der Waals surface area contributed by atoms with E-state index in [4.69, 9.17) is 8.92 Å². The Kier molecular flexibility index (Phi) is 9.68. The first kappa shape index (κ1) is 35.7. The monoisotopic (exact) mass is 717 g/mol. The summed E-state index contributed by atoms with van der Waals surface area (Å²) in [6.45, 7) is 5.95. The molecule has 2 N–H and O–H groups in total. The zero-order valence-corrected chi connectivity index (χ0v) is 29.3. The van der Waals surface area contributed by atoms with Gasteiger partial charge in [0.15, 0.2) is 0 Å². The van der Waals surface area contributed by atoms with Crippen LogP contribution in [0.15, 0.2) is 42.6 Å². The number of hydrogen-bond donors (Lipinski definition) is 2. The van der Waals surface area contributed by atoms with E-state index in [1.54, 1.807) is 17.2 Å². The number of hydrogen-bond acceptors (Lipinski definition) is 8. The minimum atomic E-state index is -5.83. The first-order valence-electron chi connectivity index (χ1n) is 16.8. The molecule has 3 aliphatic rings. The lowest BCUT2D eigenvalue weighted by Crippen LogP contribution is -2.51. The topological polar surface area (TPSA) is 134 Å². The maximum absolute atomic E-state index is 13.5. The predicted octanol–water partition coefficient (Wildman–Crippen LogP) is 5.83. The minimum Gasteiger partial charge on any atom is -0.453 e. The van der Waals surface area contributed by atoms with E-state index in [1.807, 2.05) is 45.2 Å². The number of alkyl halides is 3. The van der Waals surface area contributed by atoms with Gasteiger partial charge in [0.25, 0.3) is 0 Å². The number of methoxy groups -OCH3 is 1. The molecule has 1 aliphatic carbocycles. The summed E-state index contributed by atoms with van der Waals surface area (Å²) in [5.74, 6) is 0.0263. The average molecular weight is 718 g/mol. The van der Waals surface area contributed by atoms with Gasteiger partial charge in [-0.05, 0) is 98.3 Å². The number of aromatic nitrogens is 2. The van der Waals surface area contributed by atoms with Crippen LogP contribution in [0, 0.1) is 11.3 Å². The van der Waals surface area contributed by atoms with Crippen molar-refractivity contribution in [2.75, 3.05) is 33.8 Å². The zero-order chi connectivity index (χ0) is 36.0. The van der Waals surface area contributed by atoms with E-state index in [0.717, 1.165) is 60.3 Å². The highest BCUT2D eigenvalue weighted by Crippen LogP contribution is 2.51. The molecule has 3 heterocycles. The molecule has 50 heavy (non-hydrogen) atoms. The van der Waals surface area contributed by atoms with Crippen LogP contribution in [-0.4, -0.2) is 85.5 Å². The number of carbonyl (C=O) groups is 2. The summed E-state index contributed by atoms with van der Waals surface area (Å²) in [5, 5.41) is 2.65. The van der Waals surface area contributed by atoms with E-state index in [1.165, 1.54) is 13.2 Å². The Hall–Kier alpha value is -4.11. The second-order valence-corrected chi connectivity index (χ2v) is 15.6. The number of carbonyl (C=O) groups excluding carboxylic acids is 2. The van der Waals surface area contributed by atoms with Gasteiger partial charge >= 0.3 is 21.7 Å². The van der Waals surface area contributed by atoms with Gasteiger partial charge in [-0.3, -0.25) is 4.79 Å². The van der Waals surface area contributed by atoms with Crippen molar-refractivity contribution in [3.8, 4) is 28.1 Å². The smallest absolute Gasteiger partial charge is 0.453 e. The summed E-state index contributed by atoms with van der Waals surface area (Å²) in [6.07, 6.45) is 5.30. The second-order valence-electron chi connectivity index (χ2n) is 14.0. The molecule has 11 nitrogen and oxygen atoms in total. The Bertz CT molecular complexity index is 1850. The number of nitrogens with zero attached hydrogens (tertiary/aromatic N) is 3. The van der Waals surface area contributed by atoms with E-state index in [0.29, 0.717) is 37.2 Å². The van der Waals surface area contributed by atoms with E-state index in [9.17, 15) is 31.2 Å². The van der Waals surface area contributed by atoms with E-state index in [-0.39, 0.29) is 29.0 Å². The van der Waals surface area contributed by atoms with Gasteiger partial charge in [-0.2, -0.15) is 21.6 Å². The Morgan fingerprint density at radius 3 is 2.32 bits per heavy atom. The van der Waals surface area contributed by atoms with Crippen molar-refractivity contribution in [3.05, 3.63) is 59.5 Å². The molecule has 6 rings (SSSR count). The van der Waals surface area contributed by atoms with Crippen LogP contribution in [0.2, 0.25) is 0 Å². The molecule has 0 saturated carbocycles. The molecule has 0 unspecified atom stereocenters. The maximum Gasteiger partial charge on any atom is 0.534 e. The molecule has 2 amide bonds. The highest BCUT2D eigenvalue weighted by Gasteiger charge is 2.50. The maximum atomic E-state index is 13.5. The van der Waals surface area contributed by atoms with Gasteiger partial charge < -0.3 is 29.0 Å². The van der Waals surface area contributed by atoms with E-state index < -0.39 is 27.8 Å². The highest BCUT2D eigenvalue weighted by molar-refractivity contribution is 7.88. The fourth-order valence-electron chi connectivity index (χ4n) is 7.51. The third-order valence-corrected chi connectivity index (χ3v) is 11.3. The van der Waals surface area contributed by atoms with Gasteiger partial charge in [0.2, 0.25) is 5.91 Å². The van der Waals surface area contributed by atoms with Gasteiger partial charge in [0.1, 0.15) is 17.6 Å². The lowest BCUT2D eigenvalue weighted by Gasteiger charge is -2.37. The number of rotatable bonds is 8. The molecule has 15 heteroatoms. The lowest BCUT2D eigenvalue weighted by molar-refractivity contribution is -0.135. The second kappa shape index (κ2) is 13.5. The average Bonchev–Trinajstić information content (AvgIpc) is 3.83. The van der Waals surface area contributed by atoms with E-state index >= 15 is 0 Å². The lowest BCUT2D eigenvalue weighted by atomic mass is 9.76. The number of imidazole rings is 1. The predicted molar refractivity (Wildman–Crippen MR) is 179 cm³/mol. The normalized spacial score (nSPS) is 19.8. The number of likely N-dealkylation sites (tertiary alicyclic amines) is 2. The number of piperidine rings is 1. The fourth-order valence-corrected chi connectivity index (χ4v) is 8.00. The molecule has 3 aromatic rings. The van der Waals surface area contributed by atoms with Crippen LogP contribution in [0.25, 0.3) is 22.4 Å². The summed E-state index contributed by atoms with van der Waals surface area (Å²) < 4.78 is 73.3. The number of ether oxygens (including phenoxy) is 1. The highest BCUT2D eigenvalue weighted by atomic mass is 32.2. The standard InChI is InChI=1S/C35H42F3N5O6S/c1-21(2)30(41-33(45)48-4)32(44)43-15-5-6-28(43)31-39-20-27(40-31)23-9-7-22(8-10-23)24-11-12-29(49-50(46,47)35(36,37)38)26-19-34(18-25(24)26)13-16-42(3)17-14-34/h7-12,20-21,28,30H,5-6,13-19H2,1-4H3,(H,39,40)(H,41,45)/t28-,30-/m0/s1. The quantitative estimate of drug-likeness (QED) is 0.220. The largest absolute Gasteiger partial charge is 0.534 e. The Labute approximate surface area is 289 Å². The summed E-state index contributed by atoms with van der Waals surface area (Å²) in [4.78, 5) is 37.4. The molecule has 2 aliphatic heterocycles. The van der Waals surface area contributed by atoms with Crippen LogP contribution in [-0.2, 0) is 32.5 Å². The molecule has 1 spiro atoms. The third-order valence-electron chi connectivity index (χ3n) is 10.4. The van der Waals surface area contributed by atoms with Gasteiger partial charge in [0, 0.05) is 12.1 Å². The van der Waals surface area contributed by atoms with E-state index in [2.05, 4.69) is 20.2 Å². The number of nitrogens with one attached hydrogen (secondary N) is 2. The third kappa shape index (κ3) is 6.94. The zero-order valence-electron chi connectivity index (χ0n) is 28.5. The molecule has 0 radical (unpaired) electrons. The Balaban J connectivity index is 1.25. The van der Waals surface area contributed by atoms with Crippen LogP contribution in [0.4, 0.5) is 18.0 Å². The summed E-state index contributed by atoms with van der Waals surface area (Å²) >= 11 is 0. The summed E-state index contributed by atoms with van der Waals surface area (Å²) in [7, 11) is -2.54. The van der Waals surface area contributed by atoms with Crippen molar-refractivity contribution < 1.29 is 40.1 Å². The molecule has 1 aromatic heterocycles. The summed E-state index contributed by atoms with van der Waals surface area (Å²) in [6, 6.07) is 9.64. The van der Waals surface area contributed by atoms with Gasteiger partial charge in [-0.25, -0.2) is 9.78 Å². The molecule has 2 saturated heterocycles. The van der Waals surface area contributed by atoms with Crippen molar-refractivity contribution in [3.63, 3.8) is 0 Å². The Morgan fingerprint density at radius 2 is 1.68 bits per heavy atom. The molecule has 2 fully saturated rings. The molecule has 2 atom stereocenters. The number of alkyl carbamates (subject to hydrolysis) is 1. The fraction of sp³-hybridized carbons (Fsp3) is 0.514. The molecule has 0 bridgehead atoms. The van der Waals surface area contributed by atoms with Crippen molar-refractivity contribution in [1.29, 1.82) is 0 Å². The number of halogens is 3. The summed E-state index contributed by atoms with van der Waals surface area (Å²) in [5.41, 5.74) is -1.14. The van der Waals surface area contributed by atoms with Crippen molar-refractivity contribution in [2.45, 2.75) is 70.0 Å². The van der Waals surface area contributed by atoms with Gasteiger partial charge in [-0.1, -0.05) is 44.2 Å². The van der Waals surface area contributed by atoms with Crippen LogP contribution in [0.5, 0.6) is 5.75 Å². The Morgan fingerprint density at radius 1 is 1.02 bits per heavy atom.